The fraction of sp³-hybridized carbons (Fsp3) is 0. The standard InChI is InChI=1S/C39H23N5/c1-2-9-31-29(7-1)30-8-3-4-10-32(30)34-20-26(13-16-33(31)34)27-15-17-35(41-21-27)28-22-42-39(43-23-28)36-18-14-25-12-11-24-6-5-19-40-37(24)38(25)44-36/h1-23H. The van der Waals surface area contributed by atoms with E-state index in [1.54, 1.807) is 6.20 Å². The largest absolute Gasteiger partial charge is 0.255 e. The van der Waals surface area contributed by atoms with Gasteiger partial charge in [0.2, 0.25) is 0 Å². The first-order valence-electron chi connectivity index (χ1n) is 14.6. The van der Waals surface area contributed by atoms with E-state index in [9.17, 15) is 0 Å². The van der Waals surface area contributed by atoms with Crippen LogP contribution in [-0.4, -0.2) is 24.9 Å². The highest BCUT2D eigenvalue weighted by atomic mass is 14.9. The molecule has 204 valence electrons. The molecule has 0 fully saturated rings. The Morgan fingerprint density at radius 3 is 1.66 bits per heavy atom. The van der Waals surface area contributed by atoms with Crippen LogP contribution in [0.3, 0.4) is 0 Å². The summed E-state index contributed by atoms with van der Waals surface area (Å²) in [7, 11) is 0. The Hall–Kier alpha value is -6.07. The quantitative estimate of drug-likeness (QED) is 0.201. The minimum Gasteiger partial charge on any atom is -0.255 e. The molecule has 0 saturated carbocycles. The lowest BCUT2D eigenvalue weighted by atomic mass is 9.92. The second-order valence-corrected chi connectivity index (χ2v) is 11.0. The van der Waals surface area contributed by atoms with Crippen LogP contribution in [0.1, 0.15) is 0 Å². The third kappa shape index (κ3) is 3.91. The average molecular weight is 562 g/mol. The molecular weight excluding hydrogens is 538 g/mol. The van der Waals surface area contributed by atoms with Crippen LogP contribution in [0, 0.1) is 0 Å². The van der Waals surface area contributed by atoms with Crippen molar-refractivity contribution in [1.29, 1.82) is 0 Å². The predicted molar refractivity (Wildman–Crippen MR) is 179 cm³/mol. The van der Waals surface area contributed by atoms with Crippen LogP contribution >= 0.6 is 0 Å². The summed E-state index contributed by atoms with van der Waals surface area (Å²) < 4.78 is 0. The zero-order chi connectivity index (χ0) is 29.0. The second-order valence-electron chi connectivity index (χ2n) is 11.0. The molecule has 5 heteroatoms. The lowest BCUT2D eigenvalue weighted by Gasteiger charge is -2.12. The van der Waals surface area contributed by atoms with Crippen LogP contribution in [0.15, 0.2) is 140 Å². The predicted octanol–water partition coefficient (Wildman–Crippen LogP) is 9.43. The Kier molecular flexibility index (Phi) is 5.43. The Balaban J connectivity index is 1.05. The van der Waals surface area contributed by atoms with Gasteiger partial charge in [0.1, 0.15) is 5.69 Å². The van der Waals surface area contributed by atoms with E-state index in [4.69, 9.17) is 9.97 Å². The van der Waals surface area contributed by atoms with Gasteiger partial charge < -0.3 is 0 Å². The zero-order valence-electron chi connectivity index (χ0n) is 23.5. The van der Waals surface area contributed by atoms with Gasteiger partial charge in [-0.3, -0.25) is 9.97 Å². The number of nitrogens with zero attached hydrogens (tertiary/aromatic N) is 5. The van der Waals surface area contributed by atoms with Gasteiger partial charge >= 0.3 is 0 Å². The maximum absolute atomic E-state index is 4.88. The topological polar surface area (TPSA) is 64.5 Å². The lowest BCUT2D eigenvalue weighted by Crippen LogP contribution is -1.94. The molecule has 4 heterocycles. The van der Waals surface area contributed by atoms with E-state index in [0.717, 1.165) is 44.2 Å². The average Bonchev–Trinajstić information content (AvgIpc) is 3.11. The molecule has 0 radical (unpaired) electrons. The molecule has 9 aromatic rings. The van der Waals surface area contributed by atoms with Gasteiger partial charge in [-0.05, 0) is 62.1 Å². The van der Waals surface area contributed by atoms with Crippen LogP contribution < -0.4 is 0 Å². The molecule has 44 heavy (non-hydrogen) atoms. The minimum absolute atomic E-state index is 0.566. The summed E-state index contributed by atoms with van der Waals surface area (Å²) in [6.07, 6.45) is 7.34. The maximum atomic E-state index is 4.88. The fourth-order valence-electron chi connectivity index (χ4n) is 6.26. The summed E-state index contributed by atoms with van der Waals surface area (Å²) in [5.74, 6) is 0.566. The molecule has 4 aromatic heterocycles. The number of benzene rings is 5. The third-order valence-corrected chi connectivity index (χ3v) is 8.45. The smallest absolute Gasteiger partial charge is 0.178 e. The van der Waals surface area contributed by atoms with E-state index in [0.29, 0.717) is 11.5 Å². The van der Waals surface area contributed by atoms with Crippen molar-refractivity contribution in [2.45, 2.75) is 0 Å². The van der Waals surface area contributed by atoms with Crippen LogP contribution in [0.5, 0.6) is 0 Å². The molecule has 0 unspecified atom stereocenters. The Morgan fingerprint density at radius 1 is 0.364 bits per heavy atom. The molecule has 0 atom stereocenters. The van der Waals surface area contributed by atoms with Gasteiger partial charge in [-0.25, -0.2) is 15.0 Å². The van der Waals surface area contributed by atoms with Gasteiger partial charge in [-0.1, -0.05) is 91.0 Å². The van der Waals surface area contributed by atoms with Crippen molar-refractivity contribution < 1.29 is 0 Å². The molecule has 5 aromatic carbocycles. The van der Waals surface area contributed by atoms with Crippen molar-refractivity contribution >= 4 is 54.1 Å². The molecule has 0 spiro atoms. The summed E-state index contributed by atoms with van der Waals surface area (Å²) in [6.45, 7) is 0. The highest BCUT2D eigenvalue weighted by Crippen LogP contribution is 2.37. The number of rotatable bonds is 3. The molecule has 0 bridgehead atoms. The van der Waals surface area contributed by atoms with Crippen molar-refractivity contribution in [3.05, 3.63) is 140 Å². The molecule has 0 aliphatic carbocycles. The molecule has 0 aliphatic rings. The van der Waals surface area contributed by atoms with E-state index >= 15 is 0 Å². The Morgan fingerprint density at radius 2 is 0.955 bits per heavy atom. The summed E-state index contributed by atoms with van der Waals surface area (Å²) in [5.41, 5.74) is 6.30. The Bertz CT molecular complexity index is 2500. The van der Waals surface area contributed by atoms with Crippen LogP contribution in [0.4, 0.5) is 0 Å². The van der Waals surface area contributed by atoms with Gasteiger partial charge in [-0.15, -0.1) is 0 Å². The number of aromatic nitrogens is 5. The first-order chi connectivity index (χ1) is 21.8. The van der Waals surface area contributed by atoms with E-state index in [1.807, 2.05) is 48.9 Å². The Labute approximate surface area is 252 Å². The van der Waals surface area contributed by atoms with Crippen molar-refractivity contribution in [1.82, 2.24) is 24.9 Å². The minimum atomic E-state index is 0.566. The van der Waals surface area contributed by atoms with E-state index in [1.165, 1.54) is 32.3 Å². The van der Waals surface area contributed by atoms with Gasteiger partial charge in [0.25, 0.3) is 0 Å². The van der Waals surface area contributed by atoms with Crippen LogP contribution in [0.25, 0.3) is 88.0 Å². The molecule has 0 N–H and O–H groups in total. The van der Waals surface area contributed by atoms with Gasteiger partial charge in [-0.2, -0.15) is 0 Å². The van der Waals surface area contributed by atoms with Gasteiger partial charge in [0.15, 0.2) is 5.82 Å². The number of pyridine rings is 3. The summed E-state index contributed by atoms with van der Waals surface area (Å²) >= 11 is 0. The van der Waals surface area contributed by atoms with Gasteiger partial charge in [0, 0.05) is 46.7 Å². The molecule has 0 saturated heterocycles. The number of fused-ring (bicyclic) bond motifs is 9. The zero-order valence-corrected chi connectivity index (χ0v) is 23.5. The molecular formula is C39H23N5. The summed E-state index contributed by atoms with van der Waals surface area (Å²) in [5, 5.41) is 9.68. The number of hydrogen-bond acceptors (Lipinski definition) is 5. The molecule has 5 nitrogen and oxygen atoms in total. The third-order valence-electron chi connectivity index (χ3n) is 8.45. The lowest BCUT2D eigenvalue weighted by molar-refractivity contribution is 1.14. The first-order valence-corrected chi connectivity index (χ1v) is 14.6. The fourth-order valence-corrected chi connectivity index (χ4v) is 6.26. The molecule has 0 amide bonds. The maximum Gasteiger partial charge on any atom is 0.178 e. The van der Waals surface area contributed by atoms with Crippen LogP contribution in [0.2, 0.25) is 0 Å². The summed E-state index contributed by atoms with van der Waals surface area (Å²) in [6, 6.07) is 40.3. The van der Waals surface area contributed by atoms with E-state index < -0.39 is 0 Å². The van der Waals surface area contributed by atoms with Crippen molar-refractivity contribution in [3.63, 3.8) is 0 Å². The van der Waals surface area contributed by atoms with Crippen molar-refractivity contribution in [3.8, 4) is 33.9 Å². The van der Waals surface area contributed by atoms with E-state index in [2.05, 4.69) is 99.9 Å². The molecule has 9 rings (SSSR count). The first kappa shape index (κ1) is 24.5. The van der Waals surface area contributed by atoms with Crippen LogP contribution in [-0.2, 0) is 0 Å². The monoisotopic (exact) mass is 561 g/mol. The number of hydrogen-bond donors (Lipinski definition) is 0. The normalized spacial score (nSPS) is 11.6. The highest BCUT2D eigenvalue weighted by molar-refractivity contribution is 6.25. The molecule has 0 aliphatic heterocycles. The highest BCUT2D eigenvalue weighted by Gasteiger charge is 2.12. The van der Waals surface area contributed by atoms with Crippen molar-refractivity contribution in [2.75, 3.05) is 0 Å². The second kappa shape index (κ2) is 9.75. The van der Waals surface area contributed by atoms with E-state index in [-0.39, 0.29) is 0 Å². The SMILES string of the molecule is c1cnc2c(c1)ccc1ccc(-c3ncc(-c4ccc(-c5ccc6c7ccccc7c7ccccc7c6c5)cn4)cn3)nc12. The summed E-state index contributed by atoms with van der Waals surface area (Å²) in [4.78, 5) is 23.5. The van der Waals surface area contributed by atoms with Crippen molar-refractivity contribution in [2.24, 2.45) is 0 Å². The van der Waals surface area contributed by atoms with Gasteiger partial charge in [0.05, 0.1) is 16.7 Å².